The Balaban J connectivity index is 2.08. The van der Waals surface area contributed by atoms with Crippen molar-refractivity contribution in [1.82, 2.24) is 21.1 Å². The third kappa shape index (κ3) is 6.78. The molecule has 1 aromatic rings. The number of halogens is 1. The van der Waals surface area contributed by atoms with Crippen molar-refractivity contribution >= 4 is 53.1 Å². The summed E-state index contributed by atoms with van der Waals surface area (Å²) in [6, 6.07) is 4.97. The van der Waals surface area contributed by atoms with Crippen LogP contribution in [0.2, 0.25) is 0 Å². The quantitative estimate of drug-likeness (QED) is 0.239. The predicted octanol–water partition coefficient (Wildman–Crippen LogP) is 3.16. The van der Waals surface area contributed by atoms with Crippen molar-refractivity contribution < 1.29 is 32.8 Å². The van der Waals surface area contributed by atoms with Crippen LogP contribution in [0.15, 0.2) is 28.7 Å². The number of benzene rings is 1. The first-order valence-corrected chi connectivity index (χ1v) is 13.1. The summed E-state index contributed by atoms with van der Waals surface area (Å²) in [5.74, 6) is -1.96. The van der Waals surface area contributed by atoms with Crippen LogP contribution in [0.25, 0.3) is 0 Å². The van der Waals surface area contributed by atoms with E-state index >= 15 is 0 Å². The van der Waals surface area contributed by atoms with E-state index in [0.717, 1.165) is 4.47 Å². The van der Waals surface area contributed by atoms with Gasteiger partial charge in [-0.1, -0.05) is 29.8 Å². The molecule has 1 heterocycles. The molecular weight excluding hydrogens is 533 g/mol. The monoisotopic (exact) mass is 561 g/mol. The van der Waals surface area contributed by atoms with Gasteiger partial charge in [-0.25, -0.2) is 15.0 Å². The second-order valence-electron chi connectivity index (χ2n) is 7.65. The van der Waals surface area contributed by atoms with Crippen LogP contribution in [-0.4, -0.2) is 53.9 Å². The second-order valence-corrected chi connectivity index (χ2v) is 10.6. The third-order valence-electron chi connectivity index (χ3n) is 4.98. The van der Waals surface area contributed by atoms with Crippen LogP contribution in [0, 0.1) is 5.92 Å². The number of carbonyl (C=O) groups is 4. The Kier molecular flexibility index (Phi) is 9.63. The lowest BCUT2D eigenvalue weighted by Gasteiger charge is -2.30. The Morgan fingerprint density at radius 3 is 2.26 bits per heavy atom. The average Bonchev–Trinajstić information content (AvgIpc) is 2.99. The van der Waals surface area contributed by atoms with Crippen LogP contribution in [0.5, 0.6) is 0 Å². The van der Waals surface area contributed by atoms with Gasteiger partial charge in [0.15, 0.2) is 0 Å². The summed E-state index contributed by atoms with van der Waals surface area (Å²) in [6.45, 7) is 6.84. The van der Waals surface area contributed by atoms with Gasteiger partial charge in [0, 0.05) is 10.2 Å². The van der Waals surface area contributed by atoms with Gasteiger partial charge in [0.05, 0.1) is 19.6 Å². The van der Waals surface area contributed by atoms with Gasteiger partial charge in [-0.05, 0) is 44.0 Å². The van der Waals surface area contributed by atoms with Crippen LogP contribution in [0.3, 0.4) is 0 Å². The number of anilines is 1. The predicted molar refractivity (Wildman–Crippen MR) is 128 cm³/mol. The Labute approximate surface area is 206 Å². The number of amides is 6. The van der Waals surface area contributed by atoms with E-state index in [0.29, 0.717) is 10.7 Å². The molecule has 1 aliphatic heterocycles. The van der Waals surface area contributed by atoms with Crippen LogP contribution in [-0.2, 0) is 23.2 Å². The van der Waals surface area contributed by atoms with Gasteiger partial charge < -0.3 is 25.0 Å². The van der Waals surface area contributed by atoms with E-state index in [1.807, 2.05) is 0 Å². The molecule has 0 aliphatic carbocycles. The number of imide groups is 1. The zero-order valence-electron chi connectivity index (χ0n) is 19.3. The standard InChI is InChI=1S/C20H29BrN5O7P/c1-5-32-34(31,33-6-2)12-22-16(27)11-20(13(3)4)17(28)26(19(30)24-20)25-18(29)23-15-9-7-14(21)8-10-15/h7-10,13H,5-6,11-12H2,1-4H3,(H,22,27)(H,24,30)(H2,23,25,29). The van der Waals surface area contributed by atoms with E-state index in [2.05, 4.69) is 37.3 Å². The first kappa shape index (κ1) is 27.8. The molecule has 1 unspecified atom stereocenters. The molecule has 0 bridgehead atoms. The second kappa shape index (κ2) is 11.8. The van der Waals surface area contributed by atoms with Gasteiger partial charge in [0.1, 0.15) is 11.8 Å². The normalized spacial score (nSPS) is 18.1. The van der Waals surface area contributed by atoms with E-state index in [4.69, 9.17) is 9.05 Å². The minimum Gasteiger partial charge on any atom is -0.344 e. The van der Waals surface area contributed by atoms with Gasteiger partial charge >= 0.3 is 19.7 Å². The lowest BCUT2D eigenvalue weighted by molar-refractivity contribution is -0.137. The highest BCUT2D eigenvalue weighted by Gasteiger charge is 2.55. The number of nitrogens with zero attached hydrogens (tertiary/aromatic N) is 1. The molecule has 0 saturated carbocycles. The molecule has 0 aromatic heterocycles. The summed E-state index contributed by atoms with van der Waals surface area (Å²) in [5.41, 5.74) is 1.03. The number of nitrogens with one attached hydrogen (secondary N) is 4. The summed E-state index contributed by atoms with van der Waals surface area (Å²) >= 11 is 3.28. The molecule has 2 rings (SSSR count). The number of carbonyl (C=O) groups excluding carboxylic acids is 4. The zero-order chi connectivity index (χ0) is 25.5. The van der Waals surface area contributed by atoms with Crippen molar-refractivity contribution in [2.75, 3.05) is 24.8 Å². The number of rotatable bonds is 11. The molecule has 1 atom stereocenters. The Morgan fingerprint density at radius 1 is 1.15 bits per heavy atom. The maximum atomic E-state index is 13.2. The van der Waals surface area contributed by atoms with Gasteiger partial charge in [0.2, 0.25) is 5.91 Å². The van der Waals surface area contributed by atoms with E-state index in [9.17, 15) is 23.7 Å². The minimum atomic E-state index is -3.54. The van der Waals surface area contributed by atoms with E-state index in [1.54, 1.807) is 52.0 Å². The lowest BCUT2D eigenvalue weighted by Crippen LogP contribution is -2.55. The number of hydrazine groups is 1. The maximum Gasteiger partial charge on any atom is 0.349 e. The Hall–Kier alpha value is -2.47. The molecule has 188 valence electrons. The highest BCUT2D eigenvalue weighted by Crippen LogP contribution is 2.46. The van der Waals surface area contributed by atoms with Crippen molar-refractivity contribution in [1.29, 1.82) is 0 Å². The van der Waals surface area contributed by atoms with Crippen molar-refractivity contribution in [3.05, 3.63) is 28.7 Å². The van der Waals surface area contributed by atoms with Gasteiger partial charge in [0.25, 0.3) is 5.91 Å². The summed E-state index contributed by atoms with van der Waals surface area (Å²) in [7, 11) is -3.54. The van der Waals surface area contributed by atoms with Gasteiger partial charge in [-0.15, -0.1) is 0 Å². The molecular formula is C20H29BrN5O7P. The van der Waals surface area contributed by atoms with Crippen molar-refractivity contribution in [3.8, 4) is 0 Å². The number of hydrogen-bond acceptors (Lipinski definition) is 7. The van der Waals surface area contributed by atoms with Crippen molar-refractivity contribution in [2.45, 2.75) is 39.7 Å². The van der Waals surface area contributed by atoms with E-state index in [1.165, 1.54) is 0 Å². The molecule has 1 fully saturated rings. The van der Waals surface area contributed by atoms with Crippen LogP contribution < -0.4 is 21.4 Å². The third-order valence-corrected chi connectivity index (χ3v) is 7.36. The lowest BCUT2D eigenvalue weighted by atomic mass is 9.83. The Morgan fingerprint density at radius 2 is 1.74 bits per heavy atom. The molecule has 0 spiro atoms. The topological polar surface area (TPSA) is 155 Å². The SMILES string of the molecule is CCOP(=O)(CNC(=O)CC1(C(C)C)NC(=O)N(NC(=O)Nc2ccc(Br)cc2)C1=O)OCC. The molecule has 0 radical (unpaired) electrons. The number of urea groups is 2. The Bertz CT molecular complexity index is 965. The molecule has 1 aromatic carbocycles. The maximum absolute atomic E-state index is 13.2. The molecule has 34 heavy (non-hydrogen) atoms. The fourth-order valence-electron chi connectivity index (χ4n) is 3.23. The molecule has 1 saturated heterocycles. The van der Waals surface area contributed by atoms with E-state index < -0.39 is 49.4 Å². The first-order chi connectivity index (χ1) is 16.0. The molecule has 12 nitrogen and oxygen atoms in total. The highest BCUT2D eigenvalue weighted by atomic mass is 79.9. The van der Waals surface area contributed by atoms with Crippen molar-refractivity contribution in [3.63, 3.8) is 0 Å². The average molecular weight is 562 g/mol. The molecule has 6 amide bonds. The van der Waals surface area contributed by atoms with Crippen LogP contribution in [0.4, 0.5) is 15.3 Å². The smallest absolute Gasteiger partial charge is 0.344 e. The first-order valence-electron chi connectivity index (χ1n) is 10.6. The fourth-order valence-corrected chi connectivity index (χ4v) is 4.90. The fraction of sp³-hybridized carbons (Fsp3) is 0.500. The van der Waals surface area contributed by atoms with Gasteiger partial charge in [-0.2, -0.15) is 5.01 Å². The van der Waals surface area contributed by atoms with E-state index in [-0.39, 0.29) is 19.5 Å². The zero-order valence-corrected chi connectivity index (χ0v) is 21.8. The summed E-state index contributed by atoms with van der Waals surface area (Å²) in [6.07, 6.45) is -0.832. The van der Waals surface area contributed by atoms with Crippen LogP contribution in [0.1, 0.15) is 34.1 Å². The van der Waals surface area contributed by atoms with Crippen molar-refractivity contribution in [2.24, 2.45) is 5.92 Å². The summed E-state index contributed by atoms with van der Waals surface area (Å²) in [5, 5.41) is 8.02. The number of hydrogen-bond donors (Lipinski definition) is 4. The largest absolute Gasteiger partial charge is 0.349 e. The van der Waals surface area contributed by atoms with Crippen LogP contribution >= 0.6 is 23.5 Å². The molecule has 14 heteroatoms. The summed E-state index contributed by atoms with van der Waals surface area (Å²) < 4.78 is 23.6. The molecule has 1 aliphatic rings. The summed E-state index contributed by atoms with van der Waals surface area (Å²) in [4.78, 5) is 50.7. The minimum absolute atomic E-state index is 0.126. The highest BCUT2D eigenvalue weighted by molar-refractivity contribution is 9.10. The van der Waals surface area contributed by atoms with Gasteiger partial charge in [-0.3, -0.25) is 14.2 Å². The molecule has 4 N–H and O–H groups in total.